The second-order valence-electron chi connectivity index (χ2n) is 7.10. The van der Waals surface area contributed by atoms with Crippen molar-refractivity contribution in [2.24, 2.45) is 5.92 Å². The lowest BCUT2D eigenvalue weighted by atomic mass is 10.1. The fourth-order valence-electron chi connectivity index (χ4n) is 3.32. The number of hydrogen-bond acceptors (Lipinski definition) is 3. The van der Waals surface area contributed by atoms with E-state index in [4.69, 9.17) is 0 Å². The van der Waals surface area contributed by atoms with Crippen LogP contribution >= 0.6 is 0 Å². The lowest BCUT2D eigenvalue weighted by Crippen LogP contribution is -2.48. The molecule has 0 unspecified atom stereocenters. The molecule has 0 bridgehead atoms. The summed E-state index contributed by atoms with van der Waals surface area (Å²) in [5.41, 5.74) is 2.22. The number of carbonyl (C=O) groups is 2. The Kier molecular flexibility index (Phi) is 4.79. The molecule has 0 atom stereocenters. The van der Waals surface area contributed by atoms with E-state index in [0.717, 1.165) is 18.5 Å². The molecular weight excluding hydrogens is 345 g/mol. The van der Waals surface area contributed by atoms with Gasteiger partial charge in [-0.15, -0.1) is 0 Å². The number of nitrogens with zero attached hydrogens (tertiary/aromatic N) is 2. The first-order chi connectivity index (χ1) is 13.1. The number of hydrogen-bond donors (Lipinski definition) is 1. The summed E-state index contributed by atoms with van der Waals surface area (Å²) in [6.07, 6.45) is 1.89. The highest BCUT2D eigenvalue weighted by molar-refractivity contribution is 5.98. The van der Waals surface area contributed by atoms with Crippen LogP contribution in [-0.4, -0.2) is 42.9 Å². The van der Waals surface area contributed by atoms with Crippen molar-refractivity contribution in [3.8, 4) is 0 Å². The Labute approximate surface area is 157 Å². The predicted molar refractivity (Wildman–Crippen MR) is 102 cm³/mol. The second kappa shape index (κ2) is 7.39. The van der Waals surface area contributed by atoms with Crippen LogP contribution in [0.5, 0.6) is 0 Å². The highest BCUT2D eigenvalue weighted by atomic mass is 19.1. The number of anilines is 2. The molecule has 140 valence electrons. The third-order valence-electron chi connectivity index (χ3n) is 5.08. The van der Waals surface area contributed by atoms with E-state index in [0.29, 0.717) is 37.4 Å². The van der Waals surface area contributed by atoms with Crippen LogP contribution in [0.15, 0.2) is 48.5 Å². The molecule has 27 heavy (non-hydrogen) atoms. The molecular formula is C21H22FN3O2. The molecule has 1 heterocycles. The normalized spacial score (nSPS) is 16.9. The maximum absolute atomic E-state index is 13.1. The number of halogens is 1. The molecule has 2 aromatic carbocycles. The molecule has 1 aliphatic heterocycles. The molecule has 6 heteroatoms. The van der Waals surface area contributed by atoms with Crippen LogP contribution in [0.25, 0.3) is 0 Å². The average molecular weight is 367 g/mol. The summed E-state index contributed by atoms with van der Waals surface area (Å²) < 4.78 is 13.1. The van der Waals surface area contributed by atoms with Crippen LogP contribution in [-0.2, 0) is 4.79 Å². The van der Waals surface area contributed by atoms with E-state index in [2.05, 4.69) is 10.2 Å². The summed E-state index contributed by atoms with van der Waals surface area (Å²) in [7, 11) is 0. The van der Waals surface area contributed by atoms with E-state index in [-0.39, 0.29) is 23.5 Å². The standard InChI is InChI=1S/C21H22FN3O2/c22-17-6-8-19(9-7-17)24-10-12-25(13-11-24)21(27)16-2-1-3-18(14-16)23-20(26)15-4-5-15/h1-3,6-9,14-15H,4-5,10-13H2,(H,23,26). The fraction of sp³-hybridized carbons (Fsp3) is 0.333. The Morgan fingerprint density at radius 1 is 0.963 bits per heavy atom. The molecule has 5 nitrogen and oxygen atoms in total. The monoisotopic (exact) mass is 367 g/mol. The minimum absolute atomic E-state index is 0.0312. The van der Waals surface area contributed by atoms with Crippen molar-refractivity contribution in [1.29, 1.82) is 0 Å². The zero-order valence-electron chi connectivity index (χ0n) is 15.0. The Balaban J connectivity index is 1.37. The maximum Gasteiger partial charge on any atom is 0.254 e. The van der Waals surface area contributed by atoms with Gasteiger partial charge in [0.05, 0.1) is 0 Å². The van der Waals surface area contributed by atoms with E-state index >= 15 is 0 Å². The maximum atomic E-state index is 13.1. The van der Waals surface area contributed by atoms with Gasteiger partial charge in [0.1, 0.15) is 5.82 Å². The summed E-state index contributed by atoms with van der Waals surface area (Å²) in [5.74, 6) is -0.117. The number of nitrogens with one attached hydrogen (secondary N) is 1. The van der Waals surface area contributed by atoms with Gasteiger partial charge >= 0.3 is 0 Å². The fourth-order valence-corrected chi connectivity index (χ4v) is 3.32. The Hall–Kier alpha value is -2.89. The Morgan fingerprint density at radius 3 is 2.33 bits per heavy atom. The molecule has 2 fully saturated rings. The van der Waals surface area contributed by atoms with Crippen molar-refractivity contribution >= 4 is 23.2 Å². The van der Waals surface area contributed by atoms with Crippen LogP contribution in [0.2, 0.25) is 0 Å². The van der Waals surface area contributed by atoms with E-state index in [1.165, 1.54) is 12.1 Å². The second-order valence-corrected chi connectivity index (χ2v) is 7.10. The Bertz CT molecular complexity index is 841. The molecule has 4 rings (SSSR count). The quantitative estimate of drug-likeness (QED) is 0.903. The van der Waals surface area contributed by atoms with Crippen LogP contribution in [0.3, 0.4) is 0 Å². The van der Waals surface area contributed by atoms with Crippen molar-refractivity contribution in [1.82, 2.24) is 4.90 Å². The van der Waals surface area contributed by atoms with Crippen LogP contribution < -0.4 is 10.2 Å². The zero-order chi connectivity index (χ0) is 18.8. The van der Waals surface area contributed by atoms with Crippen LogP contribution in [0.4, 0.5) is 15.8 Å². The minimum Gasteiger partial charge on any atom is -0.368 e. The first-order valence-electron chi connectivity index (χ1n) is 9.31. The molecule has 1 saturated heterocycles. The van der Waals surface area contributed by atoms with Crippen molar-refractivity contribution in [2.75, 3.05) is 36.4 Å². The van der Waals surface area contributed by atoms with Gasteiger partial charge in [-0.25, -0.2) is 4.39 Å². The van der Waals surface area contributed by atoms with Gasteiger partial charge in [-0.3, -0.25) is 9.59 Å². The van der Waals surface area contributed by atoms with Crippen molar-refractivity contribution < 1.29 is 14.0 Å². The predicted octanol–water partition coefficient (Wildman–Crippen LogP) is 3.14. The summed E-state index contributed by atoms with van der Waals surface area (Å²) in [6.45, 7) is 2.62. The van der Waals surface area contributed by atoms with Gasteiger partial charge in [0, 0.05) is 49.0 Å². The van der Waals surface area contributed by atoms with Gasteiger partial charge in [-0.2, -0.15) is 0 Å². The van der Waals surface area contributed by atoms with Crippen molar-refractivity contribution in [3.63, 3.8) is 0 Å². The molecule has 0 aromatic heterocycles. The van der Waals surface area contributed by atoms with Crippen LogP contribution in [0, 0.1) is 11.7 Å². The van der Waals surface area contributed by atoms with E-state index in [1.807, 2.05) is 11.0 Å². The number of benzene rings is 2. The molecule has 1 N–H and O–H groups in total. The van der Waals surface area contributed by atoms with Crippen LogP contribution in [0.1, 0.15) is 23.2 Å². The zero-order valence-corrected chi connectivity index (χ0v) is 15.0. The molecule has 0 radical (unpaired) electrons. The smallest absolute Gasteiger partial charge is 0.254 e. The number of amides is 2. The molecule has 2 aliphatic rings. The van der Waals surface area contributed by atoms with E-state index < -0.39 is 0 Å². The summed E-state index contributed by atoms with van der Waals surface area (Å²) in [6, 6.07) is 13.6. The van der Waals surface area contributed by atoms with Gasteiger partial charge in [-0.1, -0.05) is 6.07 Å². The molecule has 1 saturated carbocycles. The van der Waals surface area contributed by atoms with Crippen molar-refractivity contribution in [2.45, 2.75) is 12.8 Å². The number of rotatable bonds is 4. The molecule has 1 aliphatic carbocycles. The minimum atomic E-state index is -0.249. The third kappa shape index (κ3) is 4.10. The third-order valence-corrected chi connectivity index (χ3v) is 5.08. The van der Waals surface area contributed by atoms with E-state index in [1.54, 1.807) is 30.3 Å². The SMILES string of the molecule is O=C(Nc1cccc(C(=O)N2CCN(c3ccc(F)cc3)CC2)c1)C1CC1. The number of carbonyl (C=O) groups excluding carboxylic acids is 2. The van der Waals surface area contributed by atoms with E-state index in [9.17, 15) is 14.0 Å². The van der Waals surface area contributed by atoms with Gasteiger partial charge in [0.2, 0.25) is 5.91 Å². The number of piperazine rings is 1. The largest absolute Gasteiger partial charge is 0.368 e. The Morgan fingerprint density at radius 2 is 1.67 bits per heavy atom. The van der Waals surface area contributed by atoms with Gasteiger partial charge < -0.3 is 15.1 Å². The highest BCUT2D eigenvalue weighted by Gasteiger charge is 2.29. The molecule has 2 aromatic rings. The summed E-state index contributed by atoms with van der Waals surface area (Å²) in [4.78, 5) is 28.7. The summed E-state index contributed by atoms with van der Waals surface area (Å²) >= 11 is 0. The molecule has 2 amide bonds. The summed E-state index contributed by atoms with van der Waals surface area (Å²) in [5, 5.41) is 2.89. The first kappa shape index (κ1) is 17.5. The van der Waals surface area contributed by atoms with Gasteiger partial charge in [-0.05, 0) is 55.3 Å². The highest BCUT2D eigenvalue weighted by Crippen LogP contribution is 2.30. The topological polar surface area (TPSA) is 52.7 Å². The lowest BCUT2D eigenvalue weighted by Gasteiger charge is -2.36. The molecule has 0 spiro atoms. The lowest BCUT2D eigenvalue weighted by molar-refractivity contribution is -0.117. The van der Waals surface area contributed by atoms with Crippen molar-refractivity contribution in [3.05, 3.63) is 59.9 Å². The van der Waals surface area contributed by atoms with Gasteiger partial charge in [0.25, 0.3) is 5.91 Å². The average Bonchev–Trinajstić information content (AvgIpc) is 3.54. The first-order valence-corrected chi connectivity index (χ1v) is 9.31. The van der Waals surface area contributed by atoms with Gasteiger partial charge in [0.15, 0.2) is 0 Å².